The molecule has 0 N–H and O–H groups in total. The Morgan fingerprint density at radius 1 is 1.03 bits per heavy atom. The molecule has 33 heavy (non-hydrogen) atoms. The number of non-ortho nitro benzene ring substituents is 1. The van der Waals surface area contributed by atoms with Gasteiger partial charge in [-0.3, -0.25) is 10.1 Å². The van der Waals surface area contributed by atoms with Crippen LogP contribution >= 0.6 is 11.6 Å². The number of halogens is 1. The van der Waals surface area contributed by atoms with Crippen LogP contribution in [-0.4, -0.2) is 61.1 Å². The van der Waals surface area contributed by atoms with Crippen molar-refractivity contribution in [3.8, 4) is 17.0 Å². The maximum atomic E-state index is 13.0. The summed E-state index contributed by atoms with van der Waals surface area (Å²) in [5.74, 6) is 1.35. The van der Waals surface area contributed by atoms with E-state index in [4.69, 9.17) is 16.3 Å². The Morgan fingerprint density at radius 2 is 1.79 bits per heavy atom. The van der Waals surface area contributed by atoms with E-state index in [0.29, 0.717) is 24.6 Å². The summed E-state index contributed by atoms with van der Waals surface area (Å²) in [4.78, 5) is 12.1. The zero-order valence-electron chi connectivity index (χ0n) is 17.6. The minimum Gasteiger partial charge on any atom is -0.497 e. The number of rotatable bonds is 6. The molecule has 1 saturated heterocycles. The number of ether oxygens (including phenoxy) is 1. The lowest BCUT2D eigenvalue weighted by Crippen LogP contribution is -2.49. The smallest absolute Gasteiger partial charge is 0.270 e. The number of anilines is 1. The van der Waals surface area contributed by atoms with Crippen molar-refractivity contribution in [1.82, 2.24) is 14.5 Å². The van der Waals surface area contributed by atoms with E-state index in [1.165, 1.54) is 16.4 Å². The third-order valence-corrected chi connectivity index (χ3v) is 7.70. The number of hydrogen-bond acceptors (Lipinski definition) is 8. The monoisotopic (exact) mass is 489 g/mol. The highest BCUT2D eigenvalue weighted by Crippen LogP contribution is 2.30. The van der Waals surface area contributed by atoms with Crippen LogP contribution in [0.15, 0.2) is 59.5 Å². The predicted molar refractivity (Wildman–Crippen MR) is 123 cm³/mol. The Kier molecular flexibility index (Phi) is 6.45. The van der Waals surface area contributed by atoms with E-state index in [9.17, 15) is 18.5 Å². The molecule has 1 aliphatic heterocycles. The van der Waals surface area contributed by atoms with Crippen LogP contribution in [0.2, 0.25) is 5.02 Å². The van der Waals surface area contributed by atoms with E-state index in [1.54, 1.807) is 7.11 Å². The van der Waals surface area contributed by atoms with Crippen molar-refractivity contribution in [2.75, 3.05) is 38.2 Å². The average molecular weight is 490 g/mol. The fourth-order valence-electron chi connectivity index (χ4n) is 3.53. The standard InChI is InChI=1S/C21H20ClN5O5S/c1-32-17-4-2-3-15(13-17)19-7-8-21(24-23-19)25-9-11-26(12-10-25)33(30,31)20-14-16(27(28)29)5-6-18(20)22/h2-8,13-14H,9-12H2,1H3. The second-order valence-electron chi connectivity index (χ2n) is 7.27. The van der Waals surface area contributed by atoms with Crippen molar-refractivity contribution < 1.29 is 18.1 Å². The SMILES string of the molecule is COc1cccc(-c2ccc(N3CCN(S(=O)(=O)c4cc([N+](=O)[O-])ccc4Cl)CC3)nn2)c1. The fraction of sp³-hybridized carbons (Fsp3) is 0.238. The molecule has 0 saturated carbocycles. The van der Waals surface area contributed by atoms with Gasteiger partial charge < -0.3 is 9.64 Å². The van der Waals surface area contributed by atoms with Gasteiger partial charge in [-0.15, -0.1) is 10.2 Å². The number of nitro groups is 1. The molecular weight excluding hydrogens is 470 g/mol. The van der Waals surface area contributed by atoms with Crippen molar-refractivity contribution in [1.29, 1.82) is 0 Å². The van der Waals surface area contributed by atoms with Crippen LogP contribution in [0.1, 0.15) is 0 Å². The van der Waals surface area contributed by atoms with Gasteiger partial charge in [0.2, 0.25) is 10.0 Å². The number of piperazine rings is 1. The zero-order chi connectivity index (χ0) is 23.6. The molecule has 3 aromatic rings. The number of benzene rings is 2. The molecule has 0 radical (unpaired) electrons. The van der Waals surface area contributed by atoms with Crippen molar-refractivity contribution >= 4 is 33.1 Å². The number of aromatic nitrogens is 2. The van der Waals surface area contributed by atoms with E-state index in [0.717, 1.165) is 17.4 Å². The van der Waals surface area contributed by atoms with Gasteiger partial charge in [0, 0.05) is 43.9 Å². The molecule has 0 atom stereocenters. The van der Waals surface area contributed by atoms with Gasteiger partial charge in [0.05, 0.1) is 22.7 Å². The minimum atomic E-state index is -3.98. The van der Waals surface area contributed by atoms with Gasteiger partial charge in [-0.05, 0) is 30.3 Å². The van der Waals surface area contributed by atoms with Crippen LogP contribution in [0.4, 0.5) is 11.5 Å². The molecule has 0 amide bonds. The van der Waals surface area contributed by atoms with E-state index >= 15 is 0 Å². The lowest BCUT2D eigenvalue weighted by atomic mass is 10.1. The van der Waals surface area contributed by atoms with Crippen LogP contribution in [0.5, 0.6) is 5.75 Å². The fourth-order valence-corrected chi connectivity index (χ4v) is 5.45. The normalized spacial score (nSPS) is 14.8. The Morgan fingerprint density at radius 3 is 2.42 bits per heavy atom. The molecular formula is C21H20ClN5O5S. The minimum absolute atomic E-state index is 0.0537. The molecule has 0 spiro atoms. The molecule has 172 valence electrons. The number of nitro benzene ring substituents is 1. The Labute approximate surface area is 195 Å². The molecule has 0 aliphatic carbocycles. The van der Waals surface area contributed by atoms with Crippen molar-refractivity contribution in [3.05, 3.63) is 69.7 Å². The van der Waals surface area contributed by atoms with Gasteiger partial charge in [-0.1, -0.05) is 23.7 Å². The molecule has 1 aromatic heterocycles. The second kappa shape index (κ2) is 9.30. The average Bonchev–Trinajstić information content (AvgIpc) is 2.84. The lowest BCUT2D eigenvalue weighted by molar-refractivity contribution is -0.385. The topological polar surface area (TPSA) is 119 Å². The summed E-state index contributed by atoms with van der Waals surface area (Å²) in [5.41, 5.74) is 1.24. The molecule has 1 aliphatic rings. The first-order chi connectivity index (χ1) is 15.8. The molecule has 2 heterocycles. The van der Waals surface area contributed by atoms with E-state index in [-0.39, 0.29) is 28.7 Å². The van der Waals surface area contributed by atoms with Gasteiger partial charge in [0.1, 0.15) is 10.6 Å². The first kappa shape index (κ1) is 22.9. The Hall–Kier alpha value is -3.28. The van der Waals surface area contributed by atoms with Crippen LogP contribution in [-0.2, 0) is 10.0 Å². The summed E-state index contributed by atoms with van der Waals surface area (Å²) in [6.45, 7) is 1.14. The Balaban J connectivity index is 1.46. The van der Waals surface area contributed by atoms with E-state index in [1.807, 2.05) is 41.3 Å². The Bertz CT molecular complexity index is 1280. The largest absolute Gasteiger partial charge is 0.497 e. The number of nitrogens with zero attached hydrogens (tertiary/aromatic N) is 5. The van der Waals surface area contributed by atoms with E-state index < -0.39 is 14.9 Å². The van der Waals surface area contributed by atoms with Crippen molar-refractivity contribution in [3.63, 3.8) is 0 Å². The third-order valence-electron chi connectivity index (χ3n) is 5.32. The summed E-state index contributed by atoms with van der Waals surface area (Å²) in [6.07, 6.45) is 0. The molecule has 10 nitrogen and oxygen atoms in total. The molecule has 1 fully saturated rings. The molecule has 0 bridgehead atoms. The summed E-state index contributed by atoms with van der Waals surface area (Å²) < 4.78 is 32.6. The van der Waals surface area contributed by atoms with Gasteiger partial charge in [0.25, 0.3) is 5.69 Å². The predicted octanol–water partition coefficient (Wildman–Crippen LogP) is 3.22. The van der Waals surface area contributed by atoms with E-state index in [2.05, 4.69) is 10.2 Å². The zero-order valence-corrected chi connectivity index (χ0v) is 19.2. The number of hydrogen-bond donors (Lipinski definition) is 0. The number of sulfonamides is 1. The van der Waals surface area contributed by atoms with Crippen molar-refractivity contribution in [2.45, 2.75) is 4.90 Å². The maximum Gasteiger partial charge on any atom is 0.270 e. The number of methoxy groups -OCH3 is 1. The van der Waals surface area contributed by atoms with Crippen LogP contribution < -0.4 is 9.64 Å². The summed E-state index contributed by atoms with van der Waals surface area (Å²) >= 11 is 6.05. The molecule has 2 aromatic carbocycles. The van der Waals surface area contributed by atoms with Crippen LogP contribution in [0.25, 0.3) is 11.3 Å². The third kappa shape index (κ3) is 4.75. The first-order valence-corrected chi connectivity index (χ1v) is 11.8. The van der Waals surface area contributed by atoms with Crippen LogP contribution in [0.3, 0.4) is 0 Å². The van der Waals surface area contributed by atoms with Crippen LogP contribution in [0, 0.1) is 10.1 Å². The van der Waals surface area contributed by atoms with Gasteiger partial charge >= 0.3 is 0 Å². The lowest BCUT2D eigenvalue weighted by Gasteiger charge is -2.34. The second-order valence-corrected chi connectivity index (χ2v) is 9.59. The summed E-state index contributed by atoms with van der Waals surface area (Å²) in [5, 5.41) is 19.6. The van der Waals surface area contributed by atoms with Crippen molar-refractivity contribution in [2.24, 2.45) is 0 Å². The first-order valence-electron chi connectivity index (χ1n) is 9.97. The van der Waals surface area contributed by atoms with Gasteiger partial charge in [0.15, 0.2) is 5.82 Å². The molecule has 4 rings (SSSR count). The highest BCUT2D eigenvalue weighted by molar-refractivity contribution is 7.89. The molecule has 0 unspecified atom stereocenters. The maximum absolute atomic E-state index is 13.0. The quantitative estimate of drug-likeness (QED) is 0.382. The summed E-state index contributed by atoms with van der Waals surface area (Å²) in [6, 6.07) is 14.6. The van der Waals surface area contributed by atoms with Gasteiger partial charge in [-0.2, -0.15) is 4.31 Å². The highest BCUT2D eigenvalue weighted by Gasteiger charge is 2.31. The highest BCUT2D eigenvalue weighted by atomic mass is 35.5. The van der Waals surface area contributed by atoms with Gasteiger partial charge in [-0.25, -0.2) is 8.42 Å². The summed E-state index contributed by atoms with van der Waals surface area (Å²) in [7, 11) is -2.38. The molecule has 12 heteroatoms.